The molecule has 1 aromatic heterocycles. The van der Waals surface area contributed by atoms with E-state index in [1.807, 2.05) is 6.92 Å². The van der Waals surface area contributed by atoms with Crippen molar-refractivity contribution in [2.24, 2.45) is 5.41 Å². The molecule has 110 valence electrons. The van der Waals surface area contributed by atoms with Crippen LogP contribution in [0.1, 0.15) is 56.4 Å². The summed E-state index contributed by atoms with van der Waals surface area (Å²) in [7, 11) is 0. The van der Waals surface area contributed by atoms with Gasteiger partial charge in [0.05, 0.1) is 12.0 Å². The summed E-state index contributed by atoms with van der Waals surface area (Å²) in [6.45, 7) is 2.93. The number of carbonyl (C=O) groups excluding carboxylic acids is 1. The highest BCUT2D eigenvalue weighted by molar-refractivity contribution is 7.15. The first-order valence-corrected chi connectivity index (χ1v) is 8.30. The molecule has 2 aliphatic carbocycles. The van der Waals surface area contributed by atoms with Gasteiger partial charge in [-0.3, -0.25) is 4.79 Å². The van der Waals surface area contributed by atoms with Gasteiger partial charge in [0.1, 0.15) is 5.01 Å². The maximum Gasteiger partial charge on any atom is 0.313 e. The number of hydrogen-bond donors (Lipinski definition) is 1. The maximum atomic E-state index is 12.2. The molecule has 0 aromatic carbocycles. The van der Waals surface area contributed by atoms with E-state index in [0.29, 0.717) is 19.1 Å². The van der Waals surface area contributed by atoms with Crippen LogP contribution in [0.15, 0.2) is 0 Å². The fourth-order valence-electron chi connectivity index (χ4n) is 2.84. The number of nitrogens with zero attached hydrogens (tertiary/aromatic N) is 2. The van der Waals surface area contributed by atoms with Crippen molar-refractivity contribution in [1.82, 2.24) is 10.2 Å². The van der Waals surface area contributed by atoms with Crippen molar-refractivity contribution in [2.75, 3.05) is 18.5 Å². The van der Waals surface area contributed by atoms with Gasteiger partial charge in [-0.05, 0) is 32.6 Å². The molecule has 2 fully saturated rings. The third-order valence-corrected chi connectivity index (χ3v) is 5.26. The molecule has 5 nitrogen and oxygen atoms in total. The molecular weight excluding hydrogens is 274 g/mol. The highest BCUT2D eigenvalue weighted by Crippen LogP contribution is 2.43. The molecule has 3 rings (SSSR count). The van der Waals surface area contributed by atoms with Gasteiger partial charge in [-0.15, -0.1) is 10.2 Å². The summed E-state index contributed by atoms with van der Waals surface area (Å²) in [5.41, 5.74) is -0.360. The van der Waals surface area contributed by atoms with E-state index in [0.717, 1.165) is 35.8 Å². The first kappa shape index (κ1) is 13.8. The van der Waals surface area contributed by atoms with Crippen molar-refractivity contribution >= 4 is 22.4 Å². The van der Waals surface area contributed by atoms with Crippen molar-refractivity contribution in [3.63, 3.8) is 0 Å². The zero-order valence-electron chi connectivity index (χ0n) is 11.9. The standard InChI is InChI=1S/C14H21N3O2S/c1-2-19-12(18)14(7-3-4-8-14)9-15-13-17-16-11(20-13)10-5-6-10/h10H,2-9H2,1H3,(H,15,17). The number of carbonyl (C=O) groups is 1. The second-order valence-electron chi connectivity index (χ2n) is 5.78. The smallest absolute Gasteiger partial charge is 0.313 e. The van der Waals surface area contributed by atoms with E-state index in [4.69, 9.17) is 4.74 Å². The van der Waals surface area contributed by atoms with Crippen LogP contribution in [-0.2, 0) is 9.53 Å². The molecule has 1 heterocycles. The van der Waals surface area contributed by atoms with Crippen LogP contribution in [0.25, 0.3) is 0 Å². The molecular formula is C14H21N3O2S. The Morgan fingerprint density at radius 1 is 1.40 bits per heavy atom. The Hall–Kier alpha value is -1.17. The van der Waals surface area contributed by atoms with Gasteiger partial charge in [0.25, 0.3) is 0 Å². The minimum absolute atomic E-state index is 0.0584. The summed E-state index contributed by atoms with van der Waals surface area (Å²) in [6, 6.07) is 0. The average Bonchev–Trinajstić information content (AvgIpc) is 3.01. The predicted molar refractivity (Wildman–Crippen MR) is 77.9 cm³/mol. The molecule has 1 aromatic rings. The topological polar surface area (TPSA) is 64.1 Å². The Morgan fingerprint density at radius 3 is 2.80 bits per heavy atom. The largest absolute Gasteiger partial charge is 0.466 e. The molecule has 0 radical (unpaired) electrons. The van der Waals surface area contributed by atoms with Gasteiger partial charge < -0.3 is 10.1 Å². The number of ether oxygens (including phenoxy) is 1. The second-order valence-corrected chi connectivity index (χ2v) is 6.79. The molecule has 2 aliphatic rings. The van der Waals surface area contributed by atoms with Crippen LogP contribution < -0.4 is 5.32 Å². The lowest BCUT2D eigenvalue weighted by Crippen LogP contribution is -2.37. The highest BCUT2D eigenvalue weighted by atomic mass is 32.1. The van der Waals surface area contributed by atoms with E-state index in [1.54, 1.807) is 11.3 Å². The first-order chi connectivity index (χ1) is 9.73. The molecule has 2 saturated carbocycles. The third kappa shape index (κ3) is 2.80. The van der Waals surface area contributed by atoms with Crippen molar-refractivity contribution in [1.29, 1.82) is 0 Å². The van der Waals surface area contributed by atoms with Crippen molar-refractivity contribution < 1.29 is 9.53 Å². The number of hydrogen-bond acceptors (Lipinski definition) is 6. The molecule has 0 amide bonds. The van der Waals surface area contributed by atoms with Gasteiger partial charge in [-0.25, -0.2) is 0 Å². The molecule has 1 N–H and O–H groups in total. The molecule has 6 heteroatoms. The van der Waals surface area contributed by atoms with E-state index in [-0.39, 0.29) is 11.4 Å². The zero-order valence-corrected chi connectivity index (χ0v) is 12.7. The van der Waals surface area contributed by atoms with Gasteiger partial charge in [-0.1, -0.05) is 24.2 Å². The minimum Gasteiger partial charge on any atom is -0.466 e. The van der Waals surface area contributed by atoms with Crippen LogP contribution in [0, 0.1) is 5.41 Å². The Kier molecular flexibility index (Phi) is 3.92. The van der Waals surface area contributed by atoms with Crippen LogP contribution in [-0.4, -0.2) is 29.3 Å². The van der Waals surface area contributed by atoms with Crippen LogP contribution in [0.4, 0.5) is 5.13 Å². The van der Waals surface area contributed by atoms with Crippen molar-refractivity contribution in [3.05, 3.63) is 5.01 Å². The SMILES string of the molecule is CCOC(=O)C1(CNc2nnc(C3CC3)s2)CCCC1. The lowest BCUT2D eigenvalue weighted by atomic mass is 9.86. The quantitative estimate of drug-likeness (QED) is 0.817. The van der Waals surface area contributed by atoms with Gasteiger partial charge in [0.2, 0.25) is 5.13 Å². The Labute approximate surface area is 123 Å². The maximum absolute atomic E-state index is 12.2. The first-order valence-electron chi connectivity index (χ1n) is 7.48. The lowest BCUT2D eigenvalue weighted by Gasteiger charge is -2.26. The van der Waals surface area contributed by atoms with E-state index in [1.165, 1.54) is 12.8 Å². The lowest BCUT2D eigenvalue weighted by molar-refractivity contribution is -0.154. The summed E-state index contributed by atoms with van der Waals surface area (Å²) >= 11 is 1.63. The number of nitrogens with one attached hydrogen (secondary N) is 1. The number of esters is 1. The number of rotatable bonds is 6. The molecule has 20 heavy (non-hydrogen) atoms. The average molecular weight is 295 g/mol. The summed E-state index contributed by atoms with van der Waals surface area (Å²) < 4.78 is 5.26. The Balaban J connectivity index is 1.62. The van der Waals surface area contributed by atoms with E-state index < -0.39 is 0 Å². The van der Waals surface area contributed by atoms with Crippen LogP contribution in [0.3, 0.4) is 0 Å². The number of anilines is 1. The minimum atomic E-state index is -0.360. The molecule has 0 atom stereocenters. The molecule has 0 bridgehead atoms. The van der Waals surface area contributed by atoms with Crippen LogP contribution >= 0.6 is 11.3 Å². The van der Waals surface area contributed by atoms with Crippen molar-refractivity contribution in [3.8, 4) is 0 Å². The van der Waals surface area contributed by atoms with E-state index in [2.05, 4.69) is 15.5 Å². The summed E-state index contributed by atoms with van der Waals surface area (Å²) in [5.74, 6) is 0.575. The molecule has 0 aliphatic heterocycles. The third-order valence-electron chi connectivity index (χ3n) is 4.21. The molecule has 0 unspecified atom stereocenters. The predicted octanol–water partition coefficient (Wildman–Crippen LogP) is 2.95. The second kappa shape index (κ2) is 5.68. The van der Waals surface area contributed by atoms with Gasteiger partial charge in [0, 0.05) is 12.5 Å². The summed E-state index contributed by atoms with van der Waals surface area (Å²) in [4.78, 5) is 12.2. The molecule has 0 spiro atoms. The summed E-state index contributed by atoms with van der Waals surface area (Å²) in [5, 5.41) is 13.7. The van der Waals surface area contributed by atoms with Gasteiger partial charge >= 0.3 is 5.97 Å². The van der Waals surface area contributed by atoms with Crippen LogP contribution in [0.2, 0.25) is 0 Å². The Bertz CT molecular complexity index is 479. The van der Waals surface area contributed by atoms with Gasteiger partial charge in [-0.2, -0.15) is 0 Å². The zero-order chi connectivity index (χ0) is 14.0. The number of aromatic nitrogens is 2. The monoisotopic (exact) mass is 295 g/mol. The fraction of sp³-hybridized carbons (Fsp3) is 0.786. The normalized spacial score (nSPS) is 20.9. The fourth-order valence-corrected chi connectivity index (χ4v) is 3.74. The molecule has 0 saturated heterocycles. The highest BCUT2D eigenvalue weighted by Gasteiger charge is 2.42. The van der Waals surface area contributed by atoms with Crippen molar-refractivity contribution in [2.45, 2.75) is 51.4 Å². The Morgan fingerprint density at radius 2 is 2.15 bits per heavy atom. The van der Waals surface area contributed by atoms with E-state index >= 15 is 0 Å². The van der Waals surface area contributed by atoms with E-state index in [9.17, 15) is 4.79 Å². The summed E-state index contributed by atoms with van der Waals surface area (Å²) in [6.07, 6.45) is 6.50. The van der Waals surface area contributed by atoms with Gasteiger partial charge in [0.15, 0.2) is 0 Å². The van der Waals surface area contributed by atoms with Crippen LogP contribution in [0.5, 0.6) is 0 Å².